The normalized spacial score (nSPS) is 31.0. The first-order valence-corrected chi connectivity index (χ1v) is 6.47. The average molecular weight is 225 g/mol. The second-order valence-electron chi connectivity index (χ2n) is 5.93. The molecule has 3 heteroatoms. The van der Waals surface area contributed by atoms with E-state index in [4.69, 9.17) is 5.11 Å². The van der Waals surface area contributed by atoms with Crippen molar-refractivity contribution in [2.75, 3.05) is 13.1 Å². The van der Waals surface area contributed by atoms with Crippen molar-refractivity contribution in [2.45, 2.75) is 52.0 Å². The van der Waals surface area contributed by atoms with Gasteiger partial charge in [0.25, 0.3) is 0 Å². The van der Waals surface area contributed by atoms with Crippen LogP contribution in [0.2, 0.25) is 0 Å². The van der Waals surface area contributed by atoms with Crippen molar-refractivity contribution >= 4 is 5.97 Å². The van der Waals surface area contributed by atoms with E-state index in [1.54, 1.807) is 0 Å². The number of piperidine rings is 1. The van der Waals surface area contributed by atoms with Crippen LogP contribution in [0.1, 0.15) is 46.0 Å². The Morgan fingerprint density at radius 3 is 2.81 bits per heavy atom. The molecule has 1 saturated carbocycles. The van der Waals surface area contributed by atoms with Gasteiger partial charge in [0, 0.05) is 19.0 Å². The molecule has 3 nitrogen and oxygen atoms in total. The Morgan fingerprint density at radius 2 is 2.25 bits per heavy atom. The fraction of sp³-hybridized carbons (Fsp3) is 0.923. The quantitative estimate of drug-likeness (QED) is 0.798. The number of carboxylic acids is 1. The van der Waals surface area contributed by atoms with E-state index in [0.717, 1.165) is 19.5 Å². The maximum Gasteiger partial charge on any atom is 0.303 e. The summed E-state index contributed by atoms with van der Waals surface area (Å²) in [6.45, 7) is 6.82. The zero-order valence-electron chi connectivity index (χ0n) is 10.4. The predicted molar refractivity (Wildman–Crippen MR) is 63.4 cm³/mol. The van der Waals surface area contributed by atoms with E-state index in [0.29, 0.717) is 23.8 Å². The number of aliphatic carboxylic acids is 1. The number of carboxylic acid groups (broad SMARTS) is 1. The molecule has 0 bridgehead atoms. The molecule has 0 aromatic heterocycles. The van der Waals surface area contributed by atoms with Crippen molar-refractivity contribution in [1.82, 2.24) is 4.90 Å². The third-order valence-corrected chi connectivity index (χ3v) is 4.61. The fourth-order valence-electron chi connectivity index (χ4n) is 2.92. The molecule has 16 heavy (non-hydrogen) atoms. The Labute approximate surface area is 97.8 Å². The lowest BCUT2D eigenvalue weighted by atomic mass is 9.90. The van der Waals surface area contributed by atoms with Gasteiger partial charge in [0.1, 0.15) is 0 Å². The van der Waals surface area contributed by atoms with Crippen LogP contribution in [-0.4, -0.2) is 35.1 Å². The highest BCUT2D eigenvalue weighted by atomic mass is 16.4. The molecule has 0 spiro atoms. The summed E-state index contributed by atoms with van der Waals surface area (Å²) in [7, 11) is 0. The second-order valence-corrected chi connectivity index (χ2v) is 5.93. The number of hydrogen-bond acceptors (Lipinski definition) is 2. The molecule has 0 amide bonds. The van der Waals surface area contributed by atoms with Gasteiger partial charge in [0.15, 0.2) is 0 Å². The number of hydrogen-bond donors (Lipinski definition) is 1. The van der Waals surface area contributed by atoms with E-state index in [1.165, 1.54) is 19.3 Å². The van der Waals surface area contributed by atoms with Crippen LogP contribution in [0.5, 0.6) is 0 Å². The summed E-state index contributed by atoms with van der Waals surface area (Å²) in [6, 6.07) is 0.629. The minimum Gasteiger partial charge on any atom is -0.481 e. The number of nitrogens with zero attached hydrogens (tertiary/aromatic N) is 1. The molecule has 2 unspecified atom stereocenters. The topological polar surface area (TPSA) is 40.5 Å². The van der Waals surface area contributed by atoms with Gasteiger partial charge in [-0.3, -0.25) is 9.69 Å². The molecule has 2 aliphatic rings. The third kappa shape index (κ3) is 2.57. The van der Waals surface area contributed by atoms with Crippen LogP contribution >= 0.6 is 0 Å². The lowest BCUT2D eigenvalue weighted by Gasteiger charge is -2.39. The summed E-state index contributed by atoms with van der Waals surface area (Å²) < 4.78 is 0. The molecular weight excluding hydrogens is 202 g/mol. The number of rotatable bonds is 4. The van der Waals surface area contributed by atoms with Gasteiger partial charge in [-0.15, -0.1) is 0 Å². The van der Waals surface area contributed by atoms with Crippen LogP contribution in [0.3, 0.4) is 0 Å². The largest absolute Gasteiger partial charge is 0.481 e. The van der Waals surface area contributed by atoms with E-state index in [2.05, 4.69) is 18.7 Å². The summed E-state index contributed by atoms with van der Waals surface area (Å²) in [4.78, 5) is 13.3. The van der Waals surface area contributed by atoms with Crippen molar-refractivity contribution < 1.29 is 9.90 Å². The lowest BCUT2D eigenvalue weighted by Crippen LogP contribution is -2.45. The molecule has 1 heterocycles. The zero-order valence-corrected chi connectivity index (χ0v) is 10.4. The van der Waals surface area contributed by atoms with E-state index in [-0.39, 0.29) is 0 Å². The molecule has 0 aromatic carbocycles. The Bertz CT molecular complexity index is 273. The lowest BCUT2D eigenvalue weighted by molar-refractivity contribution is -0.138. The Morgan fingerprint density at radius 1 is 1.56 bits per heavy atom. The minimum atomic E-state index is -0.642. The highest BCUT2D eigenvalue weighted by Crippen LogP contribution is 2.50. The molecule has 1 aliphatic heterocycles. The Balaban J connectivity index is 1.88. The van der Waals surface area contributed by atoms with Crippen LogP contribution in [0, 0.1) is 11.3 Å². The van der Waals surface area contributed by atoms with Crippen LogP contribution in [-0.2, 0) is 4.79 Å². The Kier molecular flexibility index (Phi) is 3.24. The maximum absolute atomic E-state index is 10.7. The molecule has 2 rings (SSSR count). The van der Waals surface area contributed by atoms with E-state index in [1.807, 2.05) is 0 Å². The predicted octanol–water partition coefficient (Wildman–Crippen LogP) is 2.36. The maximum atomic E-state index is 10.7. The number of likely N-dealkylation sites (tertiary alicyclic amines) is 1. The van der Waals surface area contributed by atoms with Crippen molar-refractivity contribution in [3.05, 3.63) is 0 Å². The van der Waals surface area contributed by atoms with Crippen LogP contribution in [0.25, 0.3) is 0 Å². The summed E-state index contributed by atoms with van der Waals surface area (Å²) in [6.07, 6.45) is 5.28. The monoisotopic (exact) mass is 225 g/mol. The van der Waals surface area contributed by atoms with Gasteiger partial charge in [-0.2, -0.15) is 0 Å². The van der Waals surface area contributed by atoms with Gasteiger partial charge >= 0.3 is 5.97 Å². The second kappa shape index (κ2) is 4.36. The van der Waals surface area contributed by atoms with Gasteiger partial charge in [-0.25, -0.2) is 0 Å². The standard InChI is InChI=1S/C13H23NO2/c1-10(13(2)5-6-13)14-7-3-4-11(9-14)8-12(15)16/h10-11H,3-9H2,1-2H3,(H,15,16). The molecule has 1 aliphatic carbocycles. The number of carbonyl (C=O) groups is 1. The SMILES string of the molecule is CC(N1CCCC(CC(=O)O)C1)C1(C)CC1. The van der Waals surface area contributed by atoms with Crippen molar-refractivity contribution in [2.24, 2.45) is 11.3 Å². The summed E-state index contributed by atoms with van der Waals surface area (Å²) in [5.41, 5.74) is 0.519. The zero-order chi connectivity index (χ0) is 11.8. The van der Waals surface area contributed by atoms with Crippen LogP contribution < -0.4 is 0 Å². The van der Waals surface area contributed by atoms with Gasteiger partial charge in [-0.1, -0.05) is 6.92 Å². The molecular formula is C13H23NO2. The highest BCUT2D eigenvalue weighted by Gasteiger charge is 2.45. The van der Waals surface area contributed by atoms with Gasteiger partial charge in [0.05, 0.1) is 0 Å². The molecule has 1 N–H and O–H groups in total. The van der Waals surface area contributed by atoms with Gasteiger partial charge in [0.2, 0.25) is 0 Å². The summed E-state index contributed by atoms with van der Waals surface area (Å²) >= 11 is 0. The van der Waals surface area contributed by atoms with Gasteiger partial charge in [-0.05, 0) is 50.5 Å². The van der Waals surface area contributed by atoms with E-state index in [9.17, 15) is 4.79 Å². The van der Waals surface area contributed by atoms with Crippen LogP contribution in [0.4, 0.5) is 0 Å². The smallest absolute Gasteiger partial charge is 0.303 e. The highest BCUT2D eigenvalue weighted by molar-refractivity contribution is 5.67. The molecule has 1 saturated heterocycles. The Hall–Kier alpha value is -0.570. The third-order valence-electron chi connectivity index (χ3n) is 4.61. The first-order valence-electron chi connectivity index (χ1n) is 6.47. The summed E-state index contributed by atoms with van der Waals surface area (Å²) in [5.74, 6) is -0.270. The van der Waals surface area contributed by atoms with Crippen molar-refractivity contribution in [3.63, 3.8) is 0 Å². The van der Waals surface area contributed by atoms with Gasteiger partial charge < -0.3 is 5.11 Å². The average Bonchev–Trinajstić information content (AvgIpc) is 2.96. The summed E-state index contributed by atoms with van der Waals surface area (Å²) in [5, 5.41) is 8.84. The molecule has 0 radical (unpaired) electrons. The van der Waals surface area contributed by atoms with Crippen molar-refractivity contribution in [1.29, 1.82) is 0 Å². The molecule has 2 atom stereocenters. The van der Waals surface area contributed by atoms with Crippen LogP contribution in [0.15, 0.2) is 0 Å². The first kappa shape index (κ1) is 11.9. The van der Waals surface area contributed by atoms with Crippen molar-refractivity contribution in [3.8, 4) is 0 Å². The van der Waals surface area contributed by atoms with E-state index >= 15 is 0 Å². The first-order chi connectivity index (χ1) is 7.51. The minimum absolute atomic E-state index is 0.347. The van der Waals surface area contributed by atoms with E-state index < -0.39 is 5.97 Å². The molecule has 2 fully saturated rings. The molecule has 0 aromatic rings. The molecule has 92 valence electrons. The fourth-order valence-corrected chi connectivity index (χ4v) is 2.92.